The SMILES string of the molecule is Cc1cc(Br)cc2c1N(C)C(=O)/C2=C1\SC(=Nc2cccc(Cl)c2)NC1=O. The van der Waals surface area contributed by atoms with Gasteiger partial charge in [0.2, 0.25) is 0 Å². The third kappa shape index (κ3) is 3.20. The summed E-state index contributed by atoms with van der Waals surface area (Å²) >= 11 is 10.6. The Balaban J connectivity index is 1.81. The van der Waals surface area contributed by atoms with Gasteiger partial charge in [-0.3, -0.25) is 9.59 Å². The van der Waals surface area contributed by atoms with Crippen LogP contribution in [0.2, 0.25) is 5.02 Å². The number of carbonyl (C=O) groups is 2. The minimum absolute atomic E-state index is 0.201. The van der Waals surface area contributed by atoms with E-state index in [9.17, 15) is 9.59 Å². The average molecular weight is 463 g/mol. The summed E-state index contributed by atoms with van der Waals surface area (Å²) < 4.78 is 0.858. The number of nitrogens with zero attached hydrogens (tertiary/aromatic N) is 2. The molecule has 4 rings (SSSR count). The lowest BCUT2D eigenvalue weighted by atomic mass is 10.0. The molecule has 2 aliphatic heterocycles. The Morgan fingerprint density at radius 1 is 1.22 bits per heavy atom. The summed E-state index contributed by atoms with van der Waals surface area (Å²) in [6.45, 7) is 1.94. The second kappa shape index (κ2) is 6.82. The third-order valence-electron chi connectivity index (χ3n) is 4.28. The molecule has 8 heteroatoms. The van der Waals surface area contributed by atoms with Crippen molar-refractivity contribution in [3.8, 4) is 0 Å². The third-order valence-corrected chi connectivity index (χ3v) is 5.95. The minimum Gasteiger partial charge on any atom is -0.310 e. The van der Waals surface area contributed by atoms with Crippen molar-refractivity contribution in [3.63, 3.8) is 0 Å². The number of rotatable bonds is 1. The van der Waals surface area contributed by atoms with Crippen LogP contribution in [0.15, 0.2) is 50.8 Å². The van der Waals surface area contributed by atoms with Crippen molar-refractivity contribution in [2.75, 3.05) is 11.9 Å². The van der Waals surface area contributed by atoms with Crippen molar-refractivity contribution < 1.29 is 9.59 Å². The van der Waals surface area contributed by atoms with Gasteiger partial charge in [-0.2, -0.15) is 0 Å². The molecule has 136 valence electrons. The number of amidine groups is 1. The Morgan fingerprint density at radius 2 is 2.00 bits per heavy atom. The number of aryl methyl sites for hydroxylation is 1. The number of halogens is 2. The lowest BCUT2D eigenvalue weighted by Gasteiger charge is -2.12. The number of anilines is 1. The maximum atomic E-state index is 12.9. The fourth-order valence-electron chi connectivity index (χ4n) is 3.18. The highest BCUT2D eigenvalue weighted by molar-refractivity contribution is 9.10. The molecule has 1 fully saturated rings. The number of thioether (sulfide) groups is 1. The largest absolute Gasteiger partial charge is 0.310 e. The van der Waals surface area contributed by atoms with Gasteiger partial charge in [-0.05, 0) is 54.6 Å². The van der Waals surface area contributed by atoms with Crippen LogP contribution in [0.25, 0.3) is 5.57 Å². The van der Waals surface area contributed by atoms with Crippen LogP contribution in [0, 0.1) is 6.92 Å². The monoisotopic (exact) mass is 461 g/mol. The van der Waals surface area contributed by atoms with Gasteiger partial charge in [0.05, 0.1) is 21.9 Å². The summed E-state index contributed by atoms with van der Waals surface area (Å²) in [5.41, 5.74) is 3.55. The Kier molecular flexibility index (Phi) is 4.61. The van der Waals surface area contributed by atoms with Gasteiger partial charge in [-0.1, -0.05) is 33.6 Å². The predicted molar refractivity (Wildman–Crippen MR) is 113 cm³/mol. The summed E-state index contributed by atoms with van der Waals surface area (Å²) in [5, 5.41) is 3.71. The van der Waals surface area contributed by atoms with E-state index < -0.39 is 0 Å². The lowest BCUT2D eigenvalue weighted by Crippen LogP contribution is -2.23. The number of benzene rings is 2. The van der Waals surface area contributed by atoms with Crippen LogP contribution in [0.1, 0.15) is 11.1 Å². The van der Waals surface area contributed by atoms with E-state index in [1.54, 1.807) is 36.2 Å². The van der Waals surface area contributed by atoms with Gasteiger partial charge >= 0.3 is 0 Å². The molecule has 1 saturated heterocycles. The van der Waals surface area contributed by atoms with E-state index in [2.05, 4.69) is 26.2 Å². The molecule has 2 amide bonds. The van der Waals surface area contributed by atoms with E-state index in [0.29, 0.717) is 26.4 Å². The molecular formula is C19H13BrClN3O2S. The van der Waals surface area contributed by atoms with Crippen molar-refractivity contribution in [1.29, 1.82) is 0 Å². The Labute approximate surface area is 173 Å². The summed E-state index contributed by atoms with van der Waals surface area (Å²) in [4.78, 5) is 31.8. The van der Waals surface area contributed by atoms with Gasteiger partial charge in [0, 0.05) is 22.1 Å². The standard InChI is InChI=1S/C19H13BrClN3O2S/c1-9-6-10(20)7-13-14(18(26)24(2)15(9)13)16-17(25)23-19(27-16)22-12-5-3-4-11(21)8-12/h3-8H,1-2H3,(H,22,23,25)/b16-14-. The van der Waals surface area contributed by atoms with Crippen LogP contribution in [-0.2, 0) is 9.59 Å². The van der Waals surface area contributed by atoms with E-state index in [1.807, 2.05) is 19.1 Å². The summed E-state index contributed by atoms with van der Waals surface area (Å²) in [6.07, 6.45) is 0. The molecule has 27 heavy (non-hydrogen) atoms. The molecule has 0 aromatic heterocycles. The van der Waals surface area contributed by atoms with Gasteiger partial charge < -0.3 is 10.2 Å². The molecule has 2 aliphatic rings. The lowest BCUT2D eigenvalue weighted by molar-refractivity contribution is -0.116. The summed E-state index contributed by atoms with van der Waals surface area (Å²) in [5.74, 6) is -0.532. The molecule has 2 aromatic carbocycles. The van der Waals surface area contributed by atoms with Crippen LogP contribution < -0.4 is 10.2 Å². The maximum Gasteiger partial charge on any atom is 0.264 e. The fourth-order valence-corrected chi connectivity index (χ4v) is 4.86. The molecule has 0 bridgehead atoms. The van der Waals surface area contributed by atoms with Crippen LogP contribution in [0.4, 0.5) is 11.4 Å². The molecule has 2 heterocycles. The first-order valence-electron chi connectivity index (χ1n) is 8.01. The number of nitrogens with one attached hydrogen (secondary N) is 1. The topological polar surface area (TPSA) is 61.8 Å². The van der Waals surface area contributed by atoms with Crippen molar-refractivity contribution in [2.24, 2.45) is 4.99 Å². The first-order valence-corrected chi connectivity index (χ1v) is 10.00. The zero-order valence-electron chi connectivity index (χ0n) is 14.3. The van der Waals surface area contributed by atoms with Crippen molar-refractivity contribution in [3.05, 3.63) is 61.9 Å². The molecule has 5 nitrogen and oxygen atoms in total. The first-order chi connectivity index (χ1) is 12.8. The highest BCUT2D eigenvalue weighted by Gasteiger charge is 2.38. The maximum absolute atomic E-state index is 12.9. The highest BCUT2D eigenvalue weighted by Crippen LogP contribution is 2.44. The van der Waals surface area contributed by atoms with E-state index in [-0.39, 0.29) is 11.8 Å². The Hall–Kier alpha value is -2.09. The normalized spacial score (nSPS) is 20.4. The van der Waals surface area contributed by atoms with Crippen LogP contribution >= 0.6 is 39.3 Å². The van der Waals surface area contributed by atoms with Gasteiger partial charge in [0.1, 0.15) is 0 Å². The van der Waals surface area contributed by atoms with Crippen LogP contribution in [0.5, 0.6) is 0 Å². The molecule has 1 N–H and O–H groups in total. The molecule has 0 aliphatic carbocycles. The average Bonchev–Trinajstić information content (AvgIpc) is 3.05. The number of aliphatic imine (C=N–C) groups is 1. The predicted octanol–water partition coefficient (Wildman–Crippen LogP) is 4.65. The number of fused-ring (bicyclic) bond motifs is 1. The van der Waals surface area contributed by atoms with Crippen molar-refractivity contribution in [1.82, 2.24) is 5.32 Å². The fraction of sp³-hybridized carbons (Fsp3) is 0.105. The molecule has 0 saturated carbocycles. The van der Waals surface area contributed by atoms with Gasteiger partial charge in [0.15, 0.2) is 5.17 Å². The van der Waals surface area contributed by atoms with Gasteiger partial charge in [-0.15, -0.1) is 0 Å². The molecule has 0 radical (unpaired) electrons. The molecule has 0 atom stereocenters. The first kappa shape index (κ1) is 18.3. The van der Waals surface area contributed by atoms with Crippen LogP contribution in [-0.4, -0.2) is 24.0 Å². The zero-order chi connectivity index (χ0) is 19.3. The Morgan fingerprint density at radius 3 is 2.74 bits per heavy atom. The number of carbonyl (C=O) groups excluding carboxylic acids is 2. The van der Waals surface area contributed by atoms with E-state index in [4.69, 9.17) is 11.6 Å². The number of amides is 2. The van der Waals surface area contributed by atoms with Crippen LogP contribution in [0.3, 0.4) is 0 Å². The highest BCUT2D eigenvalue weighted by atomic mass is 79.9. The zero-order valence-corrected chi connectivity index (χ0v) is 17.5. The molecule has 0 spiro atoms. The molecular weight excluding hydrogens is 450 g/mol. The second-order valence-electron chi connectivity index (χ2n) is 6.14. The quantitative estimate of drug-likeness (QED) is 0.628. The molecule has 0 unspecified atom stereocenters. The van der Waals surface area contributed by atoms with Crippen molar-refractivity contribution in [2.45, 2.75) is 6.92 Å². The van der Waals surface area contributed by atoms with E-state index >= 15 is 0 Å². The second-order valence-corrected chi connectivity index (χ2v) is 8.49. The van der Waals surface area contributed by atoms with Crippen molar-refractivity contribution >= 4 is 73.2 Å². The van der Waals surface area contributed by atoms with Gasteiger partial charge in [-0.25, -0.2) is 4.99 Å². The minimum atomic E-state index is -0.331. The summed E-state index contributed by atoms with van der Waals surface area (Å²) in [6, 6.07) is 10.9. The van der Waals surface area contributed by atoms with E-state index in [1.165, 1.54) is 0 Å². The Bertz CT molecular complexity index is 1080. The number of likely N-dealkylation sites (N-methyl/N-ethyl adjacent to an activating group) is 1. The van der Waals surface area contributed by atoms with E-state index in [0.717, 1.165) is 33.0 Å². The number of hydrogen-bond donors (Lipinski definition) is 1. The smallest absolute Gasteiger partial charge is 0.264 e. The van der Waals surface area contributed by atoms with Gasteiger partial charge in [0.25, 0.3) is 11.8 Å². The summed E-state index contributed by atoms with van der Waals surface area (Å²) in [7, 11) is 1.72. The number of hydrogen-bond acceptors (Lipinski definition) is 4. The molecule has 2 aromatic rings.